The predicted octanol–water partition coefficient (Wildman–Crippen LogP) is 3.43. The van der Waals surface area contributed by atoms with Crippen LogP contribution >= 0.6 is 0 Å². The highest BCUT2D eigenvalue weighted by Crippen LogP contribution is 2.23. The fourth-order valence-electron chi connectivity index (χ4n) is 3.08. The van der Waals surface area contributed by atoms with Gasteiger partial charge in [-0.3, -0.25) is 0 Å². The number of hydrogen-bond acceptors (Lipinski definition) is 2. The molecule has 1 aromatic carbocycles. The van der Waals surface area contributed by atoms with Crippen molar-refractivity contribution in [1.29, 1.82) is 0 Å². The standard InChI is InChI=1S/C17H27FN2/c1-14-6-5-8-16(12-14)19-10-11-20(2)13-15-7-3-4-9-17(15)18/h3-4,7,9,14,16,19H,5-6,8,10-13H2,1-2H3. The molecule has 0 spiro atoms. The van der Waals surface area contributed by atoms with Crippen molar-refractivity contribution in [1.82, 2.24) is 10.2 Å². The highest BCUT2D eigenvalue weighted by Gasteiger charge is 2.18. The maximum atomic E-state index is 13.6. The van der Waals surface area contributed by atoms with E-state index in [0.717, 1.165) is 24.6 Å². The number of halogens is 1. The monoisotopic (exact) mass is 278 g/mol. The predicted molar refractivity (Wildman–Crippen MR) is 82.2 cm³/mol. The van der Waals surface area contributed by atoms with E-state index in [1.165, 1.54) is 31.7 Å². The molecular formula is C17H27FN2. The third kappa shape index (κ3) is 4.88. The third-order valence-corrected chi connectivity index (χ3v) is 4.26. The second-order valence-electron chi connectivity index (χ2n) is 6.25. The van der Waals surface area contributed by atoms with Gasteiger partial charge in [0.1, 0.15) is 5.82 Å². The number of nitrogens with one attached hydrogen (secondary N) is 1. The second-order valence-corrected chi connectivity index (χ2v) is 6.25. The van der Waals surface area contributed by atoms with Crippen LogP contribution in [0, 0.1) is 11.7 Å². The summed E-state index contributed by atoms with van der Waals surface area (Å²) >= 11 is 0. The Kier molecular flexibility index (Phi) is 5.99. The van der Waals surface area contributed by atoms with Crippen LogP contribution in [0.4, 0.5) is 4.39 Å². The lowest BCUT2D eigenvalue weighted by molar-refractivity contribution is 0.273. The Hall–Kier alpha value is -0.930. The molecule has 2 rings (SSSR count). The first-order valence-corrected chi connectivity index (χ1v) is 7.80. The van der Waals surface area contributed by atoms with Gasteiger partial charge < -0.3 is 10.2 Å². The van der Waals surface area contributed by atoms with Crippen LogP contribution in [0.25, 0.3) is 0 Å². The van der Waals surface area contributed by atoms with Crippen LogP contribution in [0.3, 0.4) is 0 Å². The van der Waals surface area contributed by atoms with Crippen LogP contribution < -0.4 is 5.32 Å². The van der Waals surface area contributed by atoms with Crippen LogP contribution in [0.1, 0.15) is 38.2 Å². The molecule has 0 bridgehead atoms. The largest absolute Gasteiger partial charge is 0.313 e. The van der Waals surface area contributed by atoms with Gasteiger partial charge in [0, 0.05) is 31.2 Å². The number of hydrogen-bond donors (Lipinski definition) is 1. The summed E-state index contributed by atoms with van der Waals surface area (Å²) in [5.74, 6) is 0.755. The summed E-state index contributed by atoms with van der Waals surface area (Å²) in [5, 5.41) is 3.65. The number of nitrogens with zero attached hydrogens (tertiary/aromatic N) is 1. The van der Waals surface area contributed by atoms with E-state index in [-0.39, 0.29) is 5.82 Å². The quantitative estimate of drug-likeness (QED) is 0.857. The summed E-state index contributed by atoms with van der Waals surface area (Å²) in [4.78, 5) is 2.18. The second kappa shape index (κ2) is 7.75. The summed E-state index contributed by atoms with van der Waals surface area (Å²) in [5.41, 5.74) is 0.779. The lowest BCUT2D eigenvalue weighted by Gasteiger charge is -2.28. The fraction of sp³-hybridized carbons (Fsp3) is 0.647. The molecule has 0 amide bonds. The minimum atomic E-state index is -0.103. The Labute approximate surface area is 122 Å². The van der Waals surface area contributed by atoms with Gasteiger partial charge in [-0.05, 0) is 31.9 Å². The minimum absolute atomic E-state index is 0.103. The molecule has 1 N–H and O–H groups in total. The average molecular weight is 278 g/mol. The lowest BCUT2D eigenvalue weighted by Crippen LogP contribution is -2.38. The molecule has 2 unspecified atom stereocenters. The smallest absolute Gasteiger partial charge is 0.127 e. The van der Waals surface area contributed by atoms with Gasteiger partial charge in [-0.2, -0.15) is 0 Å². The van der Waals surface area contributed by atoms with E-state index in [9.17, 15) is 4.39 Å². The topological polar surface area (TPSA) is 15.3 Å². The zero-order valence-electron chi connectivity index (χ0n) is 12.7. The van der Waals surface area contributed by atoms with Gasteiger partial charge in [0.15, 0.2) is 0 Å². The maximum absolute atomic E-state index is 13.6. The van der Waals surface area contributed by atoms with Gasteiger partial charge in [-0.1, -0.05) is 38.0 Å². The van der Waals surface area contributed by atoms with E-state index in [1.807, 2.05) is 12.1 Å². The molecule has 112 valence electrons. The zero-order chi connectivity index (χ0) is 14.4. The Morgan fingerprint density at radius 3 is 2.85 bits per heavy atom. The number of likely N-dealkylation sites (N-methyl/N-ethyl adjacent to an activating group) is 1. The third-order valence-electron chi connectivity index (χ3n) is 4.26. The van der Waals surface area contributed by atoms with Crippen molar-refractivity contribution in [2.75, 3.05) is 20.1 Å². The molecule has 1 aliphatic carbocycles. The first-order valence-electron chi connectivity index (χ1n) is 7.80. The molecule has 1 aliphatic rings. The molecule has 0 saturated heterocycles. The van der Waals surface area contributed by atoms with Crippen molar-refractivity contribution in [2.24, 2.45) is 5.92 Å². The highest BCUT2D eigenvalue weighted by molar-refractivity contribution is 5.16. The SMILES string of the molecule is CC1CCCC(NCCN(C)Cc2ccccc2F)C1. The van der Waals surface area contributed by atoms with E-state index in [2.05, 4.69) is 24.2 Å². The highest BCUT2D eigenvalue weighted by atomic mass is 19.1. The lowest BCUT2D eigenvalue weighted by atomic mass is 9.87. The van der Waals surface area contributed by atoms with E-state index in [0.29, 0.717) is 12.6 Å². The summed E-state index contributed by atoms with van der Waals surface area (Å²) in [6.45, 7) is 4.97. The molecule has 0 aliphatic heterocycles. The van der Waals surface area contributed by atoms with Crippen LogP contribution in [-0.2, 0) is 6.54 Å². The molecule has 0 radical (unpaired) electrons. The summed E-state index contributed by atoms with van der Waals surface area (Å²) in [6.07, 6.45) is 5.34. The molecule has 0 heterocycles. The van der Waals surface area contributed by atoms with Crippen LogP contribution in [0.15, 0.2) is 24.3 Å². The maximum Gasteiger partial charge on any atom is 0.127 e. The summed E-state index contributed by atoms with van der Waals surface area (Å²) in [7, 11) is 2.05. The molecule has 2 nitrogen and oxygen atoms in total. The fourth-order valence-corrected chi connectivity index (χ4v) is 3.08. The van der Waals surface area contributed by atoms with Crippen LogP contribution in [0.5, 0.6) is 0 Å². The van der Waals surface area contributed by atoms with E-state index < -0.39 is 0 Å². The molecule has 1 aromatic rings. The molecule has 0 aromatic heterocycles. The Bertz CT molecular complexity index is 408. The normalized spacial score (nSPS) is 23.2. The van der Waals surface area contributed by atoms with Crippen molar-refractivity contribution < 1.29 is 4.39 Å². The Balaban J connectivity index is 1.67. The molecule has 20 heavy (non-hydrogen) atoms. The molecule has 1 saturated carbocycles. The molecule has 1 fully saturated rings. The van der Waals surface area contributed by atoms with Gasteiger partial charge in [-0.25, -0.2) is 4.39 Å². The van der Waals surface area contributed by atoms with Crippen LogP contribution in [0.2, 0.25) is 0 Å². The first-order chi connectivity index (χ1) is 9.65. The van der Waals surface area contributed by atoms with Gasteiger partial charge in [0.25, 0.3) is 0 Å². The Morgan fingerprint density at radius 2 is 2.10 bits per heavy atom. The van der Waals surface area contributed by atoms with Crippen molar-refractivity contribution in [2.45, 2.75) is 45.2 Å². The average Bonchev–Trinajstić information content (AvgIpc) is 2.41. The van der Waals surface area contributed by atoms with Crippen molar-refractivity contribution >= 4 is 0 Å². The van der Waals surface area contributed by atoms with Crippen LogP contribution in [-0.4, -0.2) is 31.1 Å². The van der Waals surface area contributed by atoms with Crippen molar-refractivity contribution in [3.8, 4) is 0 Å². The Morgan fingerprint density at radius 1 is 1.30 bits per heavy atom. The van der Waals surface area contributed by atoms with Gasteiger partial charge in [0.05, 0.1) is 0 Å². The van der Waals surface area contributed by atoms with Crippen molar-refractivity contribution in [3.05, 3.63) is 35.6 Å². The molecule has 2 atom stereocenters. The summed E-state index contributed by atoms with van der Waals surface area (Å²) < 4.78 is 13.6. The number of rotatable bonds is 6. The first kappa shape index (κ1) is 15.5. The minimum Gasteiger partial charge on any atom is -0.313 e. The zero-order valence-corrected chi connectivity index (χ0v) is 12.7. The number of benzene rings is 1. The summed E-state index contributed by atoms with van der Waals surface area (Å²) in [6, 6.07) is 7.71. The van der Waals surface area contributed by atoms with E-state index >= 15 is 0 Å². The van der Waals surface area contributed by atoms with Gasteiger partial charge >= 0.3 is 0 Å². The van der Waals surface area contributed by atoms with Gasteiger partial charge in [0.2, 0.25) is 0 Å². The van der Waals surface area contributed by atoms with E-state index in [4.69, 9.17) is 0 Å². The van der Waals surface area contributed by atoms with Gasteiger partial charge in [-0.15, -0.1) is 0 Å². The molecular weight excluding hydrogens is 251 g/mol. The molecule has 3 heteroatoms. The van der Waals surface area contributed by atoms with E-state index in [1.54, 1.807) is 6.07 Å². The van der Waals surface area contributed by atoms with Crippen molar-refractivity contribution in [3.63, 3.8) is 0 Å².